The minimum Gasteiger partial charge on any atom is -0.491 e. The molecule has 3 amide bonds. The molecule has 2 aromatic rings. The molecule has 0 heterocycles. The van der Waals surface area contributed by atoms with Crippen LogP contribution in [0.15, 0.2) is 54.6 Å². The summed E-state index contributed by atoms with van der Waals surface area (Å²) in [4.78, 5) is 37.4. The van der Waals surface area contributed by atoms with Crippen molar-refractivity contribution < 1.29 is 24.2 Å². The van der Waals surface area contributed by atoms with E-state index < -0.39 is 18.2 Å². The maximum absolute atomic E-state index is 12.7. The number of carbonyl (C=O) groups excluding carboxylic acids is 3. The van der Waals surface area contributed by atoms with Gasteiger partial charge in [0.1, 0.15) is 24.6 Å². The largest absolute Gasteiger partial charge is 0.491 e. The number of nitrogens with zero attached hydrogens (tertiary/aromatic N) is 1. The predicted molar refractivity (Wildman–Crippen MR) is 138 cm³/mol. The molecule has 9 nitrogen and oxygen atoms in total. The van der Waals surface area contributed by atoms with Gasteiger partial charge in [0.2, 0.25) is 17.7 Å². The zero-order valence-electron chi connectivity index (χ0n) is 21.3. The van der Waals surface area contributed by atoms with E-state index in [1.807, 2.05) is 75.4 Å². The van der Waals surface area contributed by atoms with Gasteiger partial charge < -0.3 is 20.5 Å². The van der Waals surface area contributed by atoms with Crippen molar-refractivity contribution in [2.75, 3.05) is 19.7 Å². The van der Waals surface area contributed by atoms with Crippen molar-refractivity contribution in [2.24, 2.45) is 0 Å². The lowest BCUT2D eigenvalue weighted by molar-refractivity contribution is -0.128. The summed E-state index contributed by atoms with van der Waals surface area (Å²) < 4.78 is 5.69. The van der Waals surface area contributed by atoms with Crippen LogP contribution in [0.5, 0.6) is 5.75 Å². The number of rotatable bonds is 15. The minimum absolute atomic E-state index is 0.0719. The third-order valence-corrected chi connectivity index (χ3v) is 5.37. The molecule has 0 bridgehead atoms. The summed E-state index contributed by atoms with van der Waals surface area (Å²) in [6.07, 6.45) is -0.766. The Labute approximate surface area is 213 Å². The van der Waals surface area contributed by atoms with Crippen molar-refractivity contribution in [3.8, 4) is 5.75 Å². The number of amides is 3. The van der Waals surface area contributed by atoms with Gasteiger partial charge in [-0.1, -0.05) is 62.4 Å². The molecule has 2 aromatic carbocycles. The molecule has 0 aliphatic carbocycles. The van der Waals surface area contributed by atoms with Crippen LogP contribution in [-0.4, -0.2) is 59.8 Å². The van der Waals surface area contributed by atoms with Crippen LogP contribution in [0, 0.1) is 6.92 Å². The SMILES string of the molecule is CCCC(=O)NC(CC(=O)NN(CC)CC(O)COc1ccccc1C)NC(=O)Cc1ccccc1. The van der Waals surface area contributed by atoms with Crippen molar-refractivity contribution in [1.29, 1.82) is 0 Å². The first-order valence-electron chi connectivity index (χ1n) is 12.3. The number of nitrogens with one attached hydrogen (secondary N) is 3. The smallest absolute Gasteiger partial charge is 0.238 e. The number of aliphatic hydroxyl groups is 1. The summed E-state index contributed by atoms with van der Waals surface area (Å²) in [5, 5.41) is 17.4. The number of benzene rings is 2. The quantitative estimate of drug-likeness (QED) is 0.220. The Morgan fingerprint density at radius 3 is 2.28 bits per heavy atom. The number of ether oxygens (including phenoxy) is 1. The van der Waals surface area contributed by atoms with Gasteiger partial charge in [0.25, 0.3) is 0 Å². The molecule has 196 valence electrons. The highest BCUT2D eigenvalue weighted by molar-refractivity contribution is 5.83. The van der Waals surface area contributed by atoms with Crippen LogP contribution in [0.3, 0.4) is 0 Å². The number of hydrogen-bond acceptors (Lipinski definition) is 6. The van der Waals surface area contributed by atoms with Crippen LogP contribution in [-0.2, 0) is 20.8 Å². The highest BCUT2D eigenvalue weighted by Gasteiger charge is 2.21. The molecule has 0 saturated heterocycles. The van der Waals surface area contributed by atoms with E-state index in [0.29, 0.717) is 25.1 Å². The van der Waals surface area contributed by atoms with Crippen molar-refractivity contribution >= 4 is 17.7 Å². The second kappa shape index (κ2) is 15.5. The lowest BCUT2D eigenvalue weighted by Crippen LogP contribution is -2.53. The molecule has 0 fully saturated rings. The van der Waals surface area contributed by atoms with Crippen molar-refractivity contribution in [2.45, 2.75) is 58.7 Å². The number of hydrogen-bond donors (Lipinski definition) is 4. The van der Waals surface area contributed by atoms with E-state index in [9.17, 15) is 19.5 Å². The van der Waals surface area contributed by atoms with Crippen LogP contribution in [0.4, 0.5) is 0 Å². The van der Waals surface area contributed by atoms with Crippen LogP contribution < -0.4 is 20.8 Å². The molecule has 0 radical (unpaired) electrons. The maximum atomic E-state index is 12.7. The van der Waals surface area contributed by atoms with Gasteiger partial charge in [0.05, 0.1) is 12.8 Å². The lowest BCUT2D eigenvalue weighted by atomic mass is 10.1. The van der Waals surface area contributed by atoms with E-state index in [1.54, 1.807) is 5.01 Å². The lowest BCUT2D eigenvalue weighted by Gasteiger charge is -2.26. The number of para-hydroxylation sites is 1. The van der Waals surface area contributed by atoms with Crippen LogP contribution in [0.2, 0.25) is 0 Å². The van der Waals surface area contributed by atoms with E-state index in [0.717, 1.165) is 11.1 Å². The van der Waals surface area contributed by atoms with Gasteiger partial charge in [-0.15, -0.1) is 0 Å². The Bertz CT molecular complexity index is 970. The van der Waals surface area contributed by atoms with Crippen LogP contribution in [0.1, 0.15) is 44.2 Å². The fourth-order valence-corrected chi connectivity index (χ4v) is 3.53. The molecule has 0 aliphatic heterocycles. The summed E-state index contributed by atoms with van der Waals surface area (Å²) in [7, 11) is 0. The third-order valence-electron chi connectivity index (χ3n) is 5.37. The van der Waals surface area contributed by atoms with Gasteiger partial charge in [0, 0.05) is 19.5 Å². The number of aliphatic hydroxyl groups excluding tert-OH is 1. The van der Waals surface area contributed by atoms with E-state index in [-0.39, 0.29) is 37.8 Å². The van der Waals surface area contributed by atoms with Gasteiger partial charge in [-0.25, -0.2) is 5.01 Å². The molecule has 0 aliphatic rings. The number of aryl methyl sites for hydroxylation is 1. The first kappa shape index (κ1) is 28.8. The Balaban J connectivity index is 1.89. The van der Waals surface area contributed by atoms with Gasteiger partial charge in [-0.2, -0.15) is 0 Å². The first-order valence-corrected chi connectivity index (χ1v) is 12.3. The monoisotopic (exact) mass is 498 g/mol. The highest BCUT2D eigenvalue weighted by Crippen LogP contribution is 2.16. The molecule has 0 spiro atoms. The standard InChI is InChI=1S/C27H38N4O5/c1-4-11-25(33)28-24(29-26(34)16-21-13-7-6-8-14-21)17-27(35)30-31(5-2)18-22(32)19-36-23-15-10-9-12-20(23)3/h6-10,12-15,22,24,32H,4-5,11,16-19H2,1-3H3,(H,28,33)(H,29,34)(H,30,35). The molecule has 2 rings (SSSR count). The predicted octanol–water partition coefficient (Wildman–Crippen LogP) is 2.08. The fraction of sp³-hybridized carbons (Fsp3) is 0.444. The van der Waals surface area contributed by atoms with Crippen LogP contribution >= 0.6 is 0 Å². The normalized spacial score (nSPS) is 12.5. The Kier molecular flexibility index (Phi) is 12.4. The molecular formula is C27H38N4O5. The van der Waals surface area contributed by atoms with Crippen LogP contribution in [0.25, 0.3) is 0 Å². The van der Waals surface area contributed by atoms with Gasteiger partial charge in [-0.3, -0.25) is 19.8 Å². The van der Waals surface area contributed by atoms with Crippen molar-refractivity contribution in [3.63, 3.8) is 0 Å². The Morgan fingerprint density at radius 1 is 0.944 bits per heavy atom. The van der Waals surface area contributed by atoms with Gasteiger partial charge in [-0.05, 0) is 30.5 Å². The van der Waals surface area contributed by atoms with Gasteiger partial charge in [0.15, 0.2) is 0 Å². The van der Waals surface area contributed by atoms with Crippen molar-refractivity contribution in [3.05, 3.63) is 65.7 Å². The Hall–Kier alpha value is -3.43. The number of likely N-dealkylation sites (N-methyl/N-ethyl adjacent to an activating group) is 1. The molecule has 0 aromatic heterocycles. The average molecular weight is 499 g/mol. The molecule has 2 unspecified atom stereocenters. The maximum Gasteiger partial charge on any atom is 0.238 e. The summed E-state index contributed by atoms with van der Waals surface area (Å²) >= 11 is 0. The second-order valence-corrected chi connectivity index (χ2v) is 8.61. The van der Waals surface area contributed by atoms with E-state index in [1.165, 1.54) is 0 Å². The fourth-order valence-electron chi connectivity index (χ4n) is 3.53. The molecule has 0 saturated carbocycles. The average Bonchev–Trinajstić information content (AvgIpc) is 2.83. The molecule has 2 atom stereocenters. The first-order chi connectivity index (χ1) is 17.3. The van der Waals surface area contributed by atoms with Gasteiger partial charge >= 0.3 is 0 Å². The second-order valence-electron chi connectivity index (χ2n) is 8.61. The Morgan fingerprint density at radius 2 is 1.61 bits per heavy atom. The van der Waals surface area contributed by atoms with Crippen molar-refractivity contribution in [1.82, 2.24) is 21.1 Å². The number of carbonyl (C=O) groups is 3. The molecule has 36 heavy (non-hydrogen) atoms. The summed E-state index contributed by atoms with van der Waals surface area (Å²) in [6.45, 7) is 6.32. The van der Waals surface area contributed by atoms with E-state index >= 15 is 0 Å². The summed E-state index contributed by atoms with van der Waals surface area (Å²) in [5.41, 5.74) is 4.54. The summed E-state index contributed by atoms with van der Waals surface area (Å²) in [5.74, 6) is -0.246. The molecular weight excluding hydrogens is 460 g/mol. The zero-order chi connectivity index (χ0) is 26.3. The van der Waals surface area contributed by atoms with E-state index in [4.69, 9.17) is 4.74 Å². The molecule has 9 heteroatoms. The zero-order valence-corrected chi connectivity index (χ0v) is 21.3. The third kappa shape index (κ3) is 10.9. The number of hydrazine groups is 1. The topological polar surface area (TPSA) is 120 Å². The molecule has 4 N–H and O–H groups in total. The summed E-state index contributed by atoms with van der Waals surface area (Å²) in [6, 6.07) is 16.8. The minimum atomic E-state index is -0.853. The highest BCUT2D eigenvalue weighted by atomic mass is 16.5. The van der Waals surface area contributed by atoms with E-state index in [2.05, 4.69) is 16.1 Å².